The number of carbonyl (C=O) groups excluding carboxylic acids is 2. The lowest BCUT2D eigenvalue weighted by atomic mass is 10.1. The predicted octanol–water partition coefficient (Wildman–Crippen LogP) is 3.32. The third-order valence-corrected chi connectivity index (χ3v) is 2.74. The van der Waals surface area contributed by atoms with Crippen LogP contribution in [0.3, 0.4) is 0 Å². The Morgan fingerprint density at radius 2 is 1.91 bits per heavy atom. The smallest absolute Gasteiger partial charge is 0.341 e. The van der Waals surface area contributed by atoms with Gasteiger partial charge in [0.15, 0.2) is 0 Å². The van der Waals surface area contributed by atoms with Crippen LogP contribution in [0.2, 0.25) is 0 Å². The second-order valence-electron chi connectivity index (χ2n) is 4.15. The van der Waals surface area contributed by atoms with Crippen LogP contribution in [0, 0.1) is 0 Å². The van der Waals surface area contributed by atoms with Gasteiger partial charge in [-0.1, -0.05) is 44.2 Å². The van der Waals surface area contributed by atoms with E-state index in [0.717, 1.165) is 0 Å². The minimum absolute atomic E-state index is 0. The summed E-state index contributed by atoms with van der Waals surface area (Å²) in [4.78, 5) is 23.0. The van der Waals surface area contributed by atoms with Crippen molar-refractivity contribution in [3.63, 3.8) is 0 Å². The highest BCUT2D eigenvalue weighted by molar-refractivity contribution is 6.16. The lowest BCUT2D eigenvalue weighted by molar-refractivity contribution is -0.152. The number of hydrogen-bond donors (Lipinski definition) is 0. The van der Waals surface area contributed by atoms with Crippen LogP contribution in [0.25, 0.3) is 5.57 Å². The molecule has 0 spiro atoms. The maximum Gasteiger partial charge on any atom is 0.341 e. The first-order valence-electron chi connectivity index (χ1n) is 7.00. The molecular formula is C17H22O5. The Hall–Kier alpha value is -2.56. The zero-order valence-corrected chi connectivity index (χ0v) is 13.2. The Morgan fingerprint density at radius 3 is 2.41 bits per heavy atom. The van der Waals surface area contributed by atoms with E-state index in [1.54, 1.807) is 37.3 Å². The second-order valence-corrected chi connectivity index (χ2v) is 4.15. The van der Waals surface area contributed by atoms with Crippen LogP contribution < -0.4 is 0 Å². The van der Waals surface area contributed by atoms with Gasteiger partial charge in [-0.2, -0.15) is 0 Å². The molecule has 5 nitrogen and oxygen atoms in total. The number of esters is 2. The molecule has 1 aromatic rings. The van der Waals surface area contributed by atoms with Gasteiger partial charge in [0.25, 0.3) is 6.29 Å². The fourth-order valence-corrected chi connectivity index (χ4v) is 1.67. The highest BCUT2D eigenvalue weighted by Crippen LogP contribution is 2.19. The molecule has 0 radical (unpaired) electrons. The molecule has 0 saturated carbocycles. The summed E-state index contributed by atoms with van der Waals surface area (Å²) >= 11 is 0. The summed E-state index contributed by atoms with van der Waals surface area (Å²) < 4.78 is 14.9. The van der Waals surface area contributed by atoms with Gasteiger partial charge in [0.2, 0.25) is 0 Å². The average Bonchev–Trinajstić information content (AvgIpc) is 2.88. The van der Waals surface area contributed by atoms with Gasteiger partial charge in [-0.25, -0.2) is 9.59 Å². The summed E-state index contributed by atoms with van der Waals surface area (Å²) in [6.45, 7) is 5.63. The molecule has 2 rings (SSSR count). The third kappa shape index (κ3) is 4.48. The van der Waals surface area contributed by atoms with Gasteiger partial charge in [-0.05, 0) is 12.5 Å². The van der Waals surface area contributed by atoms with E-state index >= 15 is 0 Å². The van der Waals surface area contributed by atoms with Crippen LogP contribution in [-0.2, 0) is 23.8 Å². The van der Waals surface area contributed by atoms with E-state index in [-0.39, 0.29) is 7.00 Å². The molecule has 1 aliphatic rings. The Labute approximate surface area is 131 Å². The van der Waals surface area contributed by atoms with Crippen LogP contribution >= 0.6 is 0 Å². The van der Waals surface area contributed by atoms with E-state index in [9.17, 15) is 9.59 Å². The number of rotatable bonds is 4. The molecule has 0 bridgehead atoms. The van der Waals surface area contributed by atoms with Crippen LogP contribution in [-0.4, -0.2) is 25.3 Å². The number of cyclic esters (lactones) is 1. The van der Waals surface area contributed by atoms with E-state index in [0.29, 0.717) is 11.1 Å². The van der Waals surface area contributed by atoms with Gasteiger partial charge >= 0.3 is 11.9 Å². The molecule has 0 saturated heterocycles. The van der Waals surface area contributed by atoms with Crippen molar-refractivity contribution in [1.29, 1.82) is 0 Å². The maximum atomic E-state index is 11.8. The van der Waals surface area contributed by atoms with Crippen molar-refractivity contribution in [3.05, 3.63) is 53.8 Å². The Balaban J connectivity index is 0.00000155. The number of methoxy groups -OCH3 is 1. The van der Waals surface area contributed by atoms with Crippen molar-refractivity contribution >= 4 is 17.5 Å². The van der Waals surface area contributed by atoms with E-state index in [1.165, 1.54) is 13.4 Å². The largest absolute Gasteiger partial charge is 0.465 e. The summed E-state index contributed by atoms with van der Waals surface area (Å²) in [7, 11) is 1.29. The van der Waals surface area contributed by atoms with Crippen LogP contribution in [0.4, 0.5) is 0 Å². The Kier molecular flexibility index (Phi) is 6.89. The van der Waals surface area contributed by atoms with Crippen molar-refractivity contribution in [1.82, 2.24) is 0 Å². The molecule has 0 fully saturated rings. The molecule has 5 heteroatoms. The van der Waals surface area contributed by atoms with Gasteiger partial charge in [0.1, 0.15) is 11.8 Å². The molecule has 0 amide bonds. The molecular weight excluding hydrogens is 284 g/mol. The molecule has 0 aromatic heterocycles. The number of carbonyl (C=O) groups is 2. The van der Waals surface area contributed by atoms with Gasteiger partial charge in [0.05, 0.1) is 7.11 Å². The standard InChI is InChI=1S/C15H14O5.C2H6.H2/c1-10-8-13(20-14(10)16)19-9-12(15(17)18-2)11-6-4-3-5-7-11;1-2;/h3-9,13H,1-2H3;1-2H3;1H/b12-9+;;/i;;1+1. The lowest BCUT2D eigenvalue weighted by Crippen LogP contribution is -2.11. The number of hydrogen-bond acceptors (Lipinski definition) is 5. The van der Waals surface area contributed by atoms with E-state index in [4.69, 9.17) is 14.2 Å². The molecule has 0 N–H and O–H groups in total. The molecule has 0 aliphatic carbocycles. The number of ether oxygens (including phenoxy) is 3. The van der Waals surface area contributed by atoms with Gasteiger partial charge in [0, 0.05) is 13.1 Å². The fourth-order valence-electron chi connectivity index (χ4n) is 1.67. The SMILES string of the molecule is CC.COC(=O)/C(=C/OC1C=C(C)C(=O)O1)c1ccccc1.[2HH]. The van der Waals surface area contributed by atoms with Crippen LogP contribution in [0.5, 0.6) is 0 Å². The third-order valence-electron chi connectivity index (χ3n) is 2.74. The summed E-state index contributed by atoms with van der Waals surface area (Å²) in [5, 5.41) is 0. The van der Waals surface area contributed by atoms with Crippen molar-refractivity contribution in [2.75, 3.05) is 7.11 Å². The average molecular weight is 307 g/mol. The molecule has 1 atom stereocenters. The minimum atomic E-state index is -0.814. The van der Waals surface area contributed by atoms with Crippen molar-refractivity contribution < 1.29 is 25.2 Å². The zero-order valence-electron chi connectivity index (χ0n) is 13.2. The topological polar surface area (TPSA) is 61.8 Å². The van der Waals surface area contributed by atoms with E-state index < -0.39 is 18.2 Å². The first kappa shape index (κ1) is 17.5. The first-order valence-corrected chi connectivity index (χ1v) is 7.00. The van der Waals surface area contributed by atoms with E-state index in [2.05, 4.69) is 0 Å². The Bertz CT molecular complexity index is 578. The highest BCUT2D eigenvalue weighted by atomic mass is 16.7. The lowest BCUT2D eigenvalue weighted by Gasteiger charge is -2.10. The molecule has 1 unspecified atom stereocenters. The van der Waals surface area contributed by atoms with Crippen molar-refractivity contribution in [2.45, 2.75) is 27.1 Å². The zero-order chi connectivity index (χ0) is 16.5. The van der Waals surface area contributed by atoms with Gasteiger partial charge < -0.3 is 14.2 Å². The predicted molar refractivity (Wildman–Crippen MR) is 84.6 cm³/mol. The normalized spacial score (nSPS) is 16.9. The summed E-state index contributed by atoms with van der Waals surface area (Å²) in [6.07, 6.45) is 1.97. The molecule has 120 valence electrons. The molecule has 22 heavy (non-hydrogen) atoms. The van der Waals surface area contributed by atoms with Crippen molar-refractivity contribution in [2.24, 2.45) is 0 Å². The monoisotopic (exact) mass is 307 g/mol. The molecule has 1 aliphatic heterocycles. The summed E-state index contributed by atoms with van der Waals surface area (Å²) in [5.41, 5.74) is 1.38. The molecule has 1 aromatic carbocycles. The van der Waals surface area contributed by atoms with Crippen LogP contribution in [0.15, 0.2) is 48.2 Å². The first-order chi connectivity index (χ1) is 10.6. The minimum Gasteiger partial charge on any atom is -0.465 e. The highest BCUT2D eigenvalue weighted by Gasteiger charge is 2.23. The fraction of sp³-hybridized carbons (Fsp3) is 0.294. The Morgan fingerprint density at radius 1 is 1.27 bits per heavy atom. The van der Waals surface area contributed by atoms with Crippen molar-refractivity contribution in [3.8, 4) is 0 Å². The van der Waals surface area contributed by atoms with Gasteiger partial charge in [-0.15, -0.1) is 0 Å². The number of benzene rings is 1. The molecule has 1 heterocycles. The second kappa shape index (κ2) is 8.67. The summed E-state index contributed by atoms with van der Waals surface area (Å²) in [5.74, 6) is -0.955. The summed E-state index contributed by atoms with van der Waals surface area (Å²) in [6, 6.07) is 8.95. The van der Waals surface area contributed by atoms with Gasteiger partial charge in [-0.3, -0.25) is 0 Å². The quantitative estimate of drug-likeness (QED) is 0.485. The maximum absolute atomic E-state index is 11.8. The van der Waals surface area contributed by atoms with E-state index in [1.807, 2.05) is 19.9 Å². The van der Waals surface area contributed by atoms with Crippen LogP contribution in [0.1, 0.15) is 27.8 Å².